The summed E-state index contributed by atoms with van der Waals surface area (Å²) in [6.07, 6.45) is 5.37. The molecule has 2 aromatic heterocycles. The minimum atomic E-state index is -2.96. The van der Waals surface area contributed by atoms with Crippen LogP contribution >= 0.6 is 0 Å². The first-order valence-electron chi connectivity index (χ1n) is 10.4. The van der Waals surface area contributed by atoms with E-state index in [0.717, 1.165) is 30.9 Å². The predicted octanol–water partition coefficient (Wildman–Crippen LogP) is 4.53. The smallest absolute Gasteiger partial charge is 0.304 e. The van der Waals surface area contributed by atoms with Crippen molar-refractivity contribution >= 4 is 11.8 Å². The van der Waals surface area contributed by atoms with E-state index in [1.54, 1.807) is 6.92 Å². The van der Waals surface area contributed by atoms with Crippen molar-refractivity contribution in [2.45, 2.75) is 70.1 Å². The van der Waals surface area contributed by atoms with E-state index in [4.69, 9.17) is 5.11 Å². The van der Waals surface area contributed by atoms with Gasteiger partial charge in [-0.2, -0.15) is 0 Å². The van der Waals surface area contributed by atoms with Crippen LogP contribution in [0.2, 0.25) is 0 Å². The van der Waals surface area contributed by atoms with Gasteiger partial charge in [0.25, 0.3) is 0 Å². The molecule has 0 saturated heterocycles. The third kappa shape index (κ3) is 6.43. The molecule has 0 fully saturated rings. The molecule has 2 aromatic rings. The maximum absolute atomic E-state index is 14.6. The first-order chi connectivity index (χ1) is 14.3. The Hall–Kier alpha value is -2.64. The van der Waals surface area contributed by atoms with Crippen LogP contribution in [0.4, 0.5) is 14.6 Å². The fraction of sp³-hybridized carbons (Fsp3) is 0.545. The first kappa shape index (κ1) is 22.1. The summed E-state index contributed by atoms with van der Waals surface area (Å²) in [5.74, 6) is -4.03. The lowest BCUT2D eigenvalue weighted by Gasteiger charge is -2.22. The average molecular weight is 418 g/mol. The highest BCUT2D eigenvalue weighted by Gasteiger charge is 2.34. The summed E-state index contributed by atoms with van der Waals surface area (Å²) in [6, 6.07) is 4.04. The number of alkyl halides is 2. The number of nitrogens with one attached hydrogen (secondary N) is 1. The van der Waals surface area contributed by atoms with Crippen LogP contribution in [0.1, 0.15) is 67.1 Å². The lowest BCUT2D eigenvalue weighted by atomic mass is 9.91. The summed E-state index contributed by atoms with van der Waals surface area (Å²) in [4.78, 5) is 23.9. The van der Waals surface area contributed by atoms with Crippen molar-refractivity contribution in [2.24, 2.45) is 0 Å². The van der Waals surface area contributed by atoms with Gasteiger partial charge in [0.05, 0.1) is 17.8 Å². The zero-order valence-electron chi connectivity index (χ0n) is 17.2. The minimum Gasteiger partial charge on any atom is -0.481 e. The standard InChI is InChI=1S/C22H28F2N4O2/c1-15-13-27-19(14-26-15)17(11-20(29)30)12-22(23,24)9-3-2-6-18-8-7-16-5-4-10-25-21(16)28-18/h7-8,13-14,17H,2-6,9-12H2,1H3,(H,25,28)(H,29,30). The average Bonchev–Trinajstić information content (AvgIpc) is 2.71. The highest BCUT2D eigenvalue weighted by Crippen LogP contribution is 2.35. The van der Waals surface area contributed by atoms with Gasteiger partial charge >= 0.3 is 5.97 Å². The summed E-state index contributed by atoms with van der Waals surface area (Å²) in [5.41, 5.74) is 3.07. The van der Waals surface area contributed by atoms with Crippen molar-refractivity contribution < 1.29 is 18.7 Å². The number of rotatable bonds is 10. The Kier molecular flexibility index (Phi) is 7.29. The number of aliphatic carboxylic acids is 1. The molecule has 8 heteroatoms. The number of nitrogens with zero attached hydrogens (tertiary/aromatic N) is 3. The molecule has 3 rings (SSSR count). The number of carbonyl (C=O) groups is 1. The number of halogens is 2. The molecule has 2 N–H and O–H groups in total. The van der Waals surface area contributed by atoms with Crippen LogP contribution in [0, 0.1) is 6.92 Å². The van der Waals surface area contributed by atoms with Crippen molar-refractivity contribution in [3.8, 4) is 0 Å². The van der Waals surface area contributed by atoms with Gasteiger partial charge in [-0.3, -0.25) is 14.8 Å². The Morgan fingerprint density at radius 3 is 2.83 bits per heavy atom. The van der Waals surface area contributed by atoms with Gasteiger partial charge in [0, 0.05) is 43.4 Å². The van der Waals surface area contributed by atoms with Crippen LogP contribution < -0.4 is 5.32 Å². The van der Waals surface area contributed by atoms with E-state index in [1.807, 2.05) is 6.07 Å². The van der Waals surface area contributed by atoms with Crippen molar-refractivity contribution in [1.29, 1.82) is 0 Å². The third-order valence-corrected chi connectivity index (χ3v) is 5.36. The summed E-state index contributed by atoms with van der Waals surface area (Å²) in [6.45, 7) is 2.66. The number of carboxylic acids is 1. The largest absolute Gasteiger partial charge is 0.481 e. The van der Waals surface area contributed by atoms with E-state index in [0.29, 0.717) is 30.7 Å². The fourth-order valence-corrected chi connectivity index (χ4v) is 3.77. The molecular formula is C22H28F2N4O2. The second-order valence-electron chi connectivity index (χ2n) is 7.99. The van der Waals surface area contributed by atoms with Crippen molar-refractivity contribution in [1.82, 2.24) is 15.0 Å². The topological polar surface area (TPSA) is 88.0 Å². The highest BCUT2D eigenvalue weighted by molar-refractivity contribution is 5.67. The van der Waals surface area contributed by atoms with Gasteiger partial charge in [0.2, 0.25) is 5.92 Å². The number of anilines is 1. The second-order valence-corrected chi connectivity index (χ2v) is 7.99. The zero-order valence-corrected chi connectivity index (χ0v) is 17.2. The van der Waals surface area contributed by atoms with Crippen molar-refractivity contribution in [2.75, 3.05) is 11.9 Å². The van der Waals surface area contributed by atoms with Crippen LogP contribution in [0.25, 0.3) is 0 Å². The Morgan fingerprint density at radius 2 is 2.10 bits per heavy atom. The molecule has 0 bridgehead atoms. The van der Waals surface area contributed by atoms with Gasteiger partial charge in [0.15, 0.2) is 0 Å². The SMILES string of the molecule is Cc1cnc(C(CC(=O)O)CC(F)(F)CCCCc2ccc3c(n2)NCCC3)cn1. The Bertz CT molecular complexity index is 859. The molecule has 3 heterocycles. The number of hydrogen-bond donors (Lipinski definition) is 2. The summed E-state index contributed by atoms with van der Waals surface area (Å²) >= 11 is 0. The van der Waals surface area contributed by atoms with Gasteiger partial charge in [-0.05, 0) is 50.7 Å². The van der Waals surface area contributed by atoms with Gasteiger partial charge in [-0.1, -0.05) is 6.07 Å². The number of fused-ring (bicyclic) bond motifs is 1. The van der Waals surface area contributed by atoms with E-state index in [9.17, 15) is 13.6 Å². The van der Waals surface area contributed by atoms with E-state index >= 15 is 0 Å². The molecule has 0 radical (unpaired) electrons. The molecule has 30 heavy (non-hydrogen) atoms. The Morgan fingerprint density at radius 1 is 1.27 bits per heavy atom. The Balaban J connectivity index is 1.51. The van der Waals surface area contributed by atoms with Crippen molar-refractivity contribution in [3.05, 3.63) is 47.2 Å². The number of pyridine rings is 1. The number of hydrogen-bond acceptors (Lipinski definition) is 5. The van der Waals surface area contributed by atoms with Gasteiger partial charge in [-0.15, -0.1) is 0 Å². The molecular weight excluding hydrogens is 390 g/mol. The predicted molar refractivity (Wildman–Crippen MR) is 110 cm³/mol. The normalized spacial score (nSPS) is 14.6. The molecule has 0 amide bonds. The fourth-order valence-electron chi connectivity index (χ4n) is 3.77. The number of aromatic nitrogens is 3. The Labute approximate surface area is 175 Å². The monoisotopic (exact) mass is 418 g/mol. The van der Waals surface area contributed by atoms with E-state index in [-0.39, 0.29) is 12.8 Å². The van der Waals surface area contributed by atoms with Gasteiger partial charge in [0.1, 0.15) is 5.82 Å². The van der Waals surface area contributed by atoms with Crippen LogP contribution in [-0.2, 0) is 17.6 Å². The molecule has 1 aliphatic heterocycles. The lowest BCUT2D eigenvalue weighted by Crippen LogP contribution is -2.22. The quantitative estimate of drug-likeness (QED) is 0.551. The number of aryl methyl sites for hydroxylation is 3. The maximum atomic E-state index is 14.6. The van der Waals surface area contributed by atoms with E-state index in [2.05, 4.69) is 26.3 Å². The summed E-state index contributed by atoms with van der Waals surface area (Å²) < 4.78 is 29.1. The summed E-state index contributed by atoms with van der Waals surface area (Å²) in [7, 11) is 0. The molecule has 6 nitrogen and oxygen atoms in total. The van der Waals surface area contributed by atoms with Crippen LogP contribution in [-0.4, -0.2) is 38.5 Å². The second kappa shape index (κ2) is 9.91. The molecule has 0 spiro atoms. The first-order valence-corrected chi connectivity index (χ1v) is 10.4. The van der Waals surface area contributed by atoms with Crippen molar-refractivity contribution in [3.63, 3.8) is 0 Å². The molecule has 0 aliphatic carbocycles. The van der Waals surface area contributed by atoms with Gasteiger partial charge in [-0.25, -0.2) is 13.8 Å². The van der Waals surface area contributed by atoms with Crippen LogP contribution in [0.3, 0.4) is 0 Å². The highest BCUT2D eigenvalue weighted by atomic mass is 19.3. The summed E-state index contributed by atoms with van der Waals surface area (Å²) in [5, 5.41) is 12.4. The molecule has 0 aromatic carbocycles. The van der Waals surface area contributed by atoms with Crippen LogP contribution in [0.15, 0.2) is 24.5 Å². The van der Waals surface area contributed by atoms with E-state index < -0.39 is 24.2 Å². The third-order valence-electron chi connectivity index (χ3n) is 5.36. The van der Waals surface area contributed by atoms with Crippen LogP contribution in [0.5, 0.6) is 0 Å². The van der Waals surface area contributed by atoms with Gasteiger partial charge < -0.3 is 10.4 Å². The molecule has 0 saturated carbocycles. The number of unbranched alkanes of at least 4 members (excludes halogenated alkanes) is 1. The zero-order chi connectivity index (χ0) is 21.6. The maximum Gasteiger partial charge on any atom is 0.304 e. The van der Waals surface area contributed by atoms with E-state index in [1.165, 1.54) is 18.0 Å². The molecule has 1 unspecified atom stereocenters. The lowest BCUT2D eigenvalue weighted by molar-refractivity contribution is -0.138. The molecule has 1 atom stereocenters. The minimum absolute atomic E-state index is 0.286. The molecule has 1 aliphatic rings. The number of carboxylic acid groups (broad SMARTS) is 1. The molecule has 162 valence electrons.